The quantitative estimate of drug-likeness (QED) is 0.0328. The highest BCUT2D eigenvalue weighted by Crippen LogP contribution is 2.24. The summed E-state index contributed by atoms with van der Waals surface area (Å²) in [6.07, 6.45) is -3.55. The lowest BCUT2D eigenvalue weighted by atomic mass is 9.98. The molecule has 13 atom stereocenters. The number of carbonyl (C=O) groups is 11. The van der Waals surface area contributed by atoms with Crippen LogP contribution in [0.1, 0.15) is 80.3 Å². The predicted octanol–water partition coefficient (Wildman–Crippen LogP) is 0.650. The number of nitrogens with two attached hydrogens (primary N) is 1. The Labute approximate surface area is 630 Å². The molecule has 1 saturated heterocycles. The molecule has 0 unspecified atom stereocenters. The van der Waals surface area contributed by atoms with Crippen LogP contribution in [-0.4, -0.2) is 202 Å². The molecule has 18 N–H and O–H groups in total. The summed E-state index contributed by atoms with van der Waals surface area (Å²) in [4.78, 5) is 160. The first-order valence-electron chi connectivity index (χ1n) is 35.6. The van der Waals surface area contributed by atoms with Gasteiger partial charge in [0.05, 0.1) is 24.9 Å². The summed E-state index contributed by atoms with van der Waals surface area (Å²) in [5.41, 5.74) is 9.53. The lowest BCUT2D eigenvalue weighted by molar-refractivity contribution is -0.142. The van der Waals surface area contributed by atoms with Crippen molar-refractivity contribution in [2.45, 2.75) is 170 Å². The highest BCUT2D eigenvalue weighted by Gasteiger charge is 2.39. The molecule has 1 aliphatic heterocycles. The third-order valence-corrected chi connectivity index (χ3v) is 20.2. The second kappa shape index (κ2) is 43.1. The van der Waals surface area contributed by atoms with Crippen LogP contribution < -0.4 is 69.5 Å². The van der Waals surface area contributed by atoms with Crippen LogP contribution in [0.25, 0.3) is 10.8 Å². The van der Waals surface area contributed by atoms with Crippen LogP contribution in [0.15, 0.2) is 158 Å². The Balaban J connectivity index is 1.33. The average Bonchev–Trinajstić information content (AvgIpc) is 0.817. The van der Waals surface area contributed by atoms with E-state index in [4.69, 9.17) is 5.73 Å². The fraction of sp³-hybridized carbons (Fsp3) is 0.416. The number of hydrogen-bond acceptors (Lipinski definition) is 19. The molecule has 6 aromatic rings. The maximum atomic E-state index is 15.6. The molecule has 0 aliphatic carbocycles. The first kappa shape index (κ1) is 84.5. The van der Waals surface area contributed by atoms with Gasteiger partial charge in [0.2, 0.25) is 59.1 Å². The molecule has 574 valence electrons. The molecule has 1 fully saturated rings. The van der Waals surface area contributed by atoms with Crippen LogP contribution in [0.3, 0.4) is 0 Å². The Hall–Kier alpha value is -9.79. The molecule has 10 amide bonds. The van der Waals surface area contributed by atoms with Gasteiger partial charge in [0, 0.05) is 56.2 Å². The van der Waals surface area contributed by atoms with Crippen LogP contribution in [0, 0.1) is 0 Å². The Morgan fingerprint density at radius 1 is 0.430 bits per heavy atom. The van der Waals surface area contributed by atoms with Crippen molar-refractivity contribution in [1.82, 2.24) is 63.8 Å². The highest BCUT2D eigenvalue weighted by atomic mass is 33.1. The fourth-order valence-corrected chi connectivity index (χ4v) is 14.1. The summed E-state index contributed by atoms with van der Waals surface area (Å²) < 4.78 is 0. The smallest absolute Gasteiger partial charge is 0.327 e. The standard InChI is InChI=1S/C77H99N13O15S2/c1-45(2)80-41-52-30-28-51(29-31-52)39-59-71(98)89-65(46(3)92)75(102)86-60(38-50-23-13-8-14-24-50)72(99)90-66(47(4)93)76(103)87-62(42-91)73(100)88-64(77(104)105)44-107-106-43-63(79-5)74(101)81-56(27-17-18-34-78)67(94)82-57(36-48-19-9-6-10-20-48)68(95)83-58(37-49-21-11-7-12-22-49)69(96)85-61(70(97)84-59)40-53-32-33-54-25-15-16-26-55(54)35-53/h6-16,19-26,28-33,35,45-47,56-66,79-80,91-93H,17-18,27,34,36-44,78H2,1-5H3,(H,81,101)(H,82,94)(H,83,95)(H,84,97)(H,85,96)(H,86,102)(H,87,103)(H,88,100)(H,89,98)(H,90,99)(H,104,105)/t46-,47-,56-,57-,58+,59+,60+,61+,62+,63-,64+,65-,66-/m1/s1. The van der Waals surface area contributed by atoms with E-state index in [1.54, 1.807) is 109 Å². The van der Waals surface area contributed by atoms with Gasteiger partial charge < -0.3 is 90.0 Å². The molecule has 0 radical (unpaired) electrons. The average molecular weight is 1510 g/mol. The summed E-state index contributed by atoms with van der Waals surface area (Å²) in [5, 5.41) is 77.4. The summed E-state index contributed by atoms with van der Waals surface area (Å²) in [7, 11) is 3.47. The zero-order valence-corrected chi connectivity index (χ0v) is 62.1. The van der Waals surface area contributed by atoms with E-state index >= 15 is 19.2 Å². The molecular weight excluding hydrogens is 1410 g/mol. The topological polar surface area (TPSA) is 439 Å². The van der Waals surface area contributed by atoms with E-state index in [-0.39, 0.29) is 62.6 Å². The summed E-state index contributed by atoms with van der Waals surface area (Å²) in [6, 6.07) is 28.7. The minimum Gasteiger partial charge on any atom is -0.480 e. The molecule has 0 aromatic heterocycles. The maximum absolute atomic E-state index is 15.6. The summed E-state index contributed by atoms with van der Waals surface area (Å²) in [6.45, 7) is 5.97. The first-order valence-corrected chi connectivity index (χ1v) is 38.1. The van der Waals surface area contributed by atoms with E-state index in [2.05, 4.69) is 63.8 Å². The number of carboxylic acid groups (broad SMARTS) is 1. The molecule has 0 saturated carbocycles. The van der Waals surface area contributed by atoms with Crippen molar-refractivity contribution >= 4 is 97.4 Å². The number of unbranched alkanes of at least 4 members (excludes halogenated alkanes) is 1. The zero-order chi connectivity index (χ0) is 77.5. The van der Waals surface area contributed by atoms with Gasteiger partial charge in [-0.05, 0) is 90.9 Å². The van der Waals surface area contributed by atoms with Gasteiger partial charge >= 0.3 is 5.97 Å². The number of rotatable bonds is 22. The molecular formula is C77H99N13O15S2. The lowest BCUT2D eigenvalue weighted by Crippen LogP contribution is -2.63. The number of likely N-dealkylation sites (N-methyl/N-ethyl adjacent to an activating group) is 1. The number of carbonyl (C=O) groups excluding carboxylic acids is 10. The van der Waals surface area contributed by atoms with Crippen molar-refractivity contribution in [2.24, 2.45) is 5.73 Å². The van der Waals surface area contributed by atoms with Gasteiger partial charge in [-0.15, -0.1) is 0 Å². The Kier molecular flexibility index (Phi) is 34.0. The van der Waals surface area contributed by atoms with E-state index in [9.17, 15) is 54.0 Å². The molecule has 6 aromatic carbocycles. The molecule has 28 nitrogen and oxygen atoms in total. The minimum atomic E-state index is -1.90. The Bertz CT molecular complexity index is 3940. The third kappa shape index (κ3) is 27.2. The second-order valence-corrected chi connectivity index (χ2v) is 29.2. The molecule has 1 aliphatic rings. The number of carboxylic acids is 1. The van der Waals surface area contributed by atoms with Crippen LogP contribution in [0.2, 0.25) is 0 Å². The molecule has 107 heavy (non-hydrogen) atoms. The molecule has 30 heteroatoms. The van der Waals surface area contributed by atoms with Crippen molar-refractivity contribution in [3.63, 3.8) is 0 Å². The number of hydrogen-bond donors (Lipinski definition) is 17. The Morgan fingerprint density at radius 3 is 1.22 bits per heavy atom. The predicted molar refractivity (Wildman–Crippen MR) is 408 cm³/mol. The van der Waals surface area contributed by atoms with Gasteiger partial charge in [-0.25, -0.2) is 4.79 Å². The van der Waals surface area contributed by atoms with Gasteiger partial charge in [0.15, 0.2) is 0 Å². The number of aliphatic hydroxyl groups excluding tert-OH is 3. The van der Waals surface area contributed by atoms with E-state index in [1.165, 1.54) is 14.0 Å². The first-order chi connectivity index (χ1) is 51.3. The largest absolute Gasteiger partial charge is 0.480 e. The van der Waals surface area contributed by atoms with Gasteiger partial charge in [0.25, 0.3) is 0 Å². The van der Waals surface area contributed by atoms with E-state index in [1.807, 2.05) is 62.4 Å². The second-order valence-electron chi connectivity index (χ2n) is 26.7. The zero-order valence-electron chi connectivity index (χ0n) is 60.5. The van der Waals surface area contributed by atoms with E-state index < -0.39 is 150 Å². The number of nitrogens with one attached hydrogen (secondary N) is 12. The molecule has 7 rings (SSSR count). The number of benzene rings is 6. The molecule has 1 heterocycles. The number of aliphatic hydroxyl groups is 3. The van der Waals surface area contributed by atoms with Crippen LogP contribution >= 0.6 is 21.6 Å². The molecule has 0 bridgehead atoms. The number of fused-ring (bicyclic) bond motifs is 1. The van der Waals surface area contributed by atoms with Crippen molar-refractivity contribution in [1.29, 1.82) is 0 Å². The van der Waals surface area contributed by atoms with Gasteiger partial charge in [-0.1, -0.05) is 193 Å². The van der Waals surface area contributed by atoms with Crippen molar-refractivity contribution in [2.75, 3.05) is 31.7 Å². The van der Waals surface area contributed by atoms with Crippen LogP contribution in [-0.2, 0) is 91.4 Å². The van der Waals surface area contributed by atoms with Crippen LogP contribution in [0.4, 0.5) is 0 Å². The minimum absolute atomic E-state index is 0.0289. The van der Waals surface area contributed by atoms with Gasteiger partial charge in [-0.2, -0.15) is 0 Å². The van der Waals surface area contributed by atoms with Crippen LogP contribution in [0.5, 0.6) is 0 Å². The third-order valence-electron chi connectivity index (χ3n) is 17.8. The summed E-state index contributed by atoms with van der Waals surface area (Å²) in [5.74, 6) is -11.5. The van der Waals surface area contributed by atoms with Gasteiger partial charge in [-0.3, -0.25) is 47.9 Å². The van der Waals surface area contributed by atoms with Gasteiger partial charge in [0.1, 0.15) is 60.4 Å². The molecule has 0 spiro atoms. The number of amides is 10. The fourth-order valence-electron chi connectivity index (χ4n) is 11.7. The van der Waals surface area contributed by atoms with Crippen molar-refractivity contribution in [3.05, 3.63) is 191 Å². The maximum Gasteiger partial charge on any atom is 0.327 e. The highest BCUT2D eigenvalue weighted by molar-refractivity contribution is 8.76. The van der Waals surface area contributed by atoms with Crippen molar-refractivity contribution < 1.29 is 73.2 Å². The monoisotopic (exact) mass is 1510 g/mol. The summed E-state index contributed by atoms with van der Waals surface area (Å²) >= 11 is 0. The number of aliphatic carboxylic acids is 1. The van der Waals surface area contributed by atoms with E-state index in [0.29, 0.717) is 47.2 Å². The van der Waals surface area contributed by atoms with Crippen molar-refractivity contribution in [3.8, 4) is 0 Å². The van der Waals surface area contributed by atoms with E-state index in [0.717, 1.165) is 44.8 Å². The normalized spacial score (nSPS) is 23.5. The Morgan fingerprint density at radius 2 is 0.794 bits per heavy atom. The lowest BCUT2D eigenvalue weighted by Gasteiger charge is -2.29. The SMILES string of the molecule is CN[C@@H]1CSSC[C@@H](C(=O)O)NC(=O)[C@H](CO)NC(=O)[C@@H]([C@@H](C)O)NC(=O)[C@H](Cc2ccccc2)NC(=O)[C@@H]([C@@H](C)O)NC(=O)[C@H](Cc2ccc(CNC(C)C)cc2)NC(=O)[C@H](Cc2ccc3ccccc3c2)NC(=O)[C@H](Cc2ccccc2)NC(=O)[C@@H](Cc2ccccc2)NC(=O)[C@@H](CCCCN)NC1=O.